The van der Waals surface area contributed by atoms with Gasteiger partial charge in [-0.25, -0.2) is 0 Å². The molecule has 2 radical (unpaired) electrons. The van der Waals surface area contributed by atoms with Crippen molar-refractivity contribution in [2.24, 2.45) is 0 Å². The van der Waals surface area contributed by atoms with Crippen LogP contribution in [0.4, 0.5) is 0 Å². The summed E-state index contributed by atoms with van der Waals surface area (Å²) in [4.78, 5) is 3.86. The van der Waals surface area contributed by atoms with Crippen LogP contribution in [0.3, 0.4) is 0 Å². The molecule has 0 aliphatic carbocycles. The van der Waals surface area contributed by atoms with E-state index in [-0.39, 0.29) is 5.75 Å². The van der Waals surface area contributed by atoms with Crippen LogP contribution in [0.2, 0.25) is 0 Å². The molecule has 0 saturated carbocycles. The third-order valence-corrected chi connectivity index (χ3v) is 1.56. The van der Waals surface area contributed by atoms with E-state index in [1.807, 2.05) is 6.92 Å². The van der Waals surface area contributed by atoms with Crippen molar-refractivity contribution in [2.75, 3.05) is 0 Å². The van der Waals surface area contributed by atoms with Crippen molar-refractivity contribution in [1.29, 1.82) is 0 Å². The van der Waals surface area contributed by atoms with E-state index in [0.717, 1.165) is 5.69 Å². The predicted molar refractivity (Wildman–Crippen MR) is 40.8 cm³/mol. The minimum atomic E-state index is 0.156. The first-order chi connectivity index (χ1) is 4.63. The van der Waals surface area contributed by atoms with Crippen LogP contribution < -0.4 is 5.46 Å². The molecule has 50 valence electrons. The van der Waals surface area contributed by atoms with Crippen molar-refractivity contribution in [1.82, 2.24) is 4.98 Å². The molecule has 1 aromatic heterocycles. The van der Waals surface area contributed by atoms with E-state index in [2.05, 4.69) is 4.98 Å². The molecule has 3 heteroatoms. The van der Waals surface area contributed by atoms with Crippen LogP contribution >= 0.6 is 0 Å². The van der Waals surface area contributed by atoms with Crippen LogP contribution in [0.1, 0.15) is 11.3 Å². The lowest BCUT2D eigenvalue weighted by Gasteiger charge is -2.04. The average molecular weight is 133 g/mol. The summed E-state index contributed by atoms with van der Waals surface area (Å²) >= 11 is 0. The molecule has 0 aliphatic heterocycles. The zero-order valence-electron chi connectivity index (χ0n) is 6.05. The van der Waals surface area contributed by atoms with Gasteiger partial charge in [-0.1, -0.05) is 5.46 Å². The Hall–Kier alpha value is -0.985. The maximum Gasteiger partial charge on any atom is 0.136 e. The van der Waals surface area contributed by atoms with Gasteiger partial charge in [0.2, 0.25) is 0 Å². The number of hydrogen-bond acceptors (Lipinski definition) is 2. The highest BCUT2D eigenvalue weighted by atomic mass is 16.3. The third-order valence-electron chi connectivity index (χ3n) is 1.56. The average Bonchev–Trinajstić information content (AvgIpc) is 1.93. The van der Waals surface area contributed by atoms with Gasteiger partial charge in [0.05, 0.1) is 6.20 Å². The van der Waals surface area contributed by atoms with Gasteiger partial charge in [0.25, 0.3) is 0 Å². The Balaban J connectivity index is 3.34. The Morgan fingerprint density at radius 2 is 2.10 bits per heavy atom. The van der Waals surface area contributed by atoms with Gasteiger partial charge in [-0.2, -0.15) is 0 Å². The van der Waals surface area contributed by atoms with Gasteiger partial charge in [-0.15, -0.1) is 0 Å². The van der Waals surface area contributed by atoms with E-state index in [0.29, 0.717) is 11.0 Å². The first kappa shape index (κ1) is 7.13. The molecule has 0 aromatic carbocycles. The van der Waals surface area contributed by atoms with Gasteiger partial charge in [0.1, 0.15) is 13.6 Å². The highest BCUT2D eigenvalue weighted by Crippen LogP contribution is 2.10. The summed E-state index contributed by atoms with van der Waals surface area (Å²) in [6, 6.07) is 0. The molecule has 2 nitrogen and oxygen atoms in total. The second kappa shape index (κ2) is 2.33. The quantitative estimate of drug-likeness (QED) is 0.512. The number of nitrogens with zero attached hydrogens (tertiary/aromatic N) is 1. The van der Waals surface area contributed by atoms with E-state index in [1.54, 1.807) is 6.92 Å². The number of aromatic nitrogens is 1. The standard InChI is InChI=1S/C7H8BNO/c1-4-6(10)3-9-5(2)7(4)8/h3,10H,1-2H3. The molecule has 0 atom stereocenters. The second-order valence-electron chi connectivity index (χ2n) is 2.27. The number of hydrogen-bond donors (Lipinski definition) is 1. The van der Waals surface area contributed by atoms with Crippen LogP contribution in [0, 0.1) is 13.8 Å². The van der Waals surface area contributed by atoms with Crippen LogP contribution in [-0.2, 0) is 0 Å². The van der Waals surface area contributed by atoms with Crippen molar-refractivity contribution >= 4 is 13.3 Å². The monoisotopic (exact) mass is 133 g/mol. The molecular weight excluding hydrogens is 125 g/mol. The fourth-order valence-electron chi connectivity index (χ4n) is 0.734. The normalized spacial score (nSPS) is 9.80. The van der Waals surface area contributed by atoms with E-state index in [1.165, 1.54) is 6.20 Å². The molecule has 1 rings (SSSR count). The fraction of sp³-hybridized carbons (Fsp3) is 0.286. The maximum absolute atomic E-state index is 9.08. The molecule has 0 unspecified atom stereocenters. The first-order valence-corrected chi connectivity index (χ1v) is 3.03. The first-order valence-electron chi connectivity index (χ1n) is 3.03. The maximum atomic E-state index is 9.08. The number of aryl methyl sites for hydroxylation is 1. The highest BCUT2D eigenvalue weighted by Gasteiger charge is 2.00. The van der Waals surface area contributed by atoms with Gasteiger partial charge in [0.15, 0.2) is 0 Å². The highest BCUT2D eigenvalue weighted by molar-refractivity contribution is 6.34. The molecule has 1 aromatic rings. The summed E-state index contributed by atoms with van der Waals surface area (Å²) in [5.41, 5.74) is 2.03. The van der Waals surface area contributed by atoms with Crippen LogP contribution in [0.25, 0.3) is 0 Å². The van der Waals surface area contributed by atoms with Crippen LogP contribution in [0.15, 0.2) is 6.20 Å². The Morgan fingerprint density at radius 1 is 1.50 bits per heavy atom. The molecular formula is C7H8BNO. The lowest BCUT2D eigenvalue weighted by atomic mass is 9.90. The SMILES string of the molecule is [B]c1c(C)ncc(O)c1C. The molecule has 0 spiro atoms. The molecule has 0 amide bonds. The van der Waals surface area contributed by atoms with E-state index in [4.69, 9.17) is 13.0 Å². The van der Waals surface area contributed by atoms with Gasteiger partial charge < -0.3 is 5.11 Å². The molecule has 0 aliphatic rings. The van der Waals surface area contributed by atoms with Crippen molar-refractivity contribution in [3.63, 3.8) is 0 Å². The topological polar surface area (TPSA) is 33.1 Å². The van der Waals surface area contributed by atoms with E-state index in [9.17, 15) is 0 Å². The summed E-state index contributed by atoms with van der Waals surface area (Å²) in [6.07, 6.45) is 1.40. The number of rotatable bonds is 0. The largest absolute Gasteiger partial charge is 0.506 e. The van der Waals surface area contributed by atoms with Gasteiger partial charge in [0, 0.05) is 5.69 Å². The Bertz CT molecular complexity index is 233. The number of pyridine rings is 1. The van der Waals surface area contributed by atoms with E-state index >= 15 is 0 Å². The molecule has 0 fully saturated rings. The van der Waals surface area contributed by atoms with Crippen molar-refractivity contribution in [2.45, 2.75) is 13.8 Å². The summed E-state index contributed by atoms with van der Waals surface area (Å²) in [6.45, 7) is 3.57. The summed E-state index contributed by atoms with van der Waals surface area (Å²) < 4.78 is 0. The predicted octanol–water partition coefficient (Wildman–Crippen LogP) is 0.198. The molecule has 0 bridgehead atoms. The van der Waals surface area contributed by atoms with Crippen molar-refractivity contribution in [3.8, 4) is 5.75 Å². The minimum Gasteiger partial charge on any atom is -0.506 e. The molecule has 1 heterocycles. The molecule has 0 saturated heterocycles. The smallest absolute Gasteiger partial charge is 0.136 e. The lowest BCUT2D eigenvalue weighted by Crippen LogP contribution is -2.13. The lowest BCUT2D eigenvalue weighted by molar-refractivity contribution is 0.469. The van der Waals surface area contributed by atoms with Gasteiger partial charge in [-0.3, -0.25) is 4.98 Å². The van der Waals surface area contributed by atoms with Crippen molar-refractivity contribution in [3.05, 3.63) is 17.5 Å². The summed E-state index contributed by atoms with van der Waals surface area (Å²) in [7, 11) is 5.56. The zero-order valence-corrected chi connectivity index (χ0v) is 6.05. The van der Waals surface area contributed by atoms with Crippen LogP contribution in [-0.4, -0.2) is 17.9 Å². The van der Waals surface area contributed by atoms with Gasteiger partial charge >= 0.3 is 0 Å². The molecule has 1 N–H and O–H groups in total. The minimum absolute atomic E-state index is 0.156. The molecule has 10 heavy (non-hydrogen) atoms. The Kier molecular flexibility index (Phi) is 1.66. The summed E-state index contributed by atoms with van der Waals surface area (Å²) in [5.74, 6) is 0.156. The fourth-order valence-corrected chi connectivity index (χ4v) is 0.734. The number of aromatic hydroxyl groups is 1. The van der Waals surface area contributed by atoms with Crippen LogP contribution in [0.5, 0.6) is 5.75 Å². The zero-order chi connectivity index (χ0) is 7.72. The van der Waals surface area contributed by atoms with E-state index < -0.39 is 0 Å². The van der Waals surface area contributed by atoms with Crippen molar-refractivity contribution < 1.29 is 5.11 Å². The second-order valence-corrected chi connectivity index (χ2v) is 2.27. The Labute approximate surface area is 61.3 Å². The van der Waals surface area contributed by atoms with Gasteiger partial charge in [-0.05, 0) is 19.4 Å². The summed E-state index contributed by atoms with van der Waals surface area (Å²) in [5, 5.41) is 9.08. The third kappa shape index (κ3) is 0.990. The Morgan fingerprint density at radius 3 is 2.60 bits per heavy atom.